The van der Waals surface area contributed by atoms with Crippen LogP contribution in [-0.2, 0) is 28.6 Å². The summed E-state index contributed by atoms with van der Waals surface area (Å²) in [5.74, 6) is -0.857. The highest BCUT2D eigenvalue weighted by Crippen LogP contribution is 2.18. The minimum Gasteiger partial charge on any atom is -0.462 e. The van der Waals surface area contributed by atoms with E-state index < -0.39 is 6.10 Å². The molecule has 1 atom stereocenters. The number of carbonyl (C=O) groups is 3. The third-order valence-electron chi connectivity index (χ3n) is 15.9. The zero-order valence-electron chi connectivity index (χ0n) is 55.2. The molecule has 0 fully saturated rings. The first kappa shape index (κ1) is 79.6. The molecule has 6 heteroatoms. The van der Waals surface area contributed by atoms with Crippen LogP contribution >= 0.6 is 0 Å². The van der Waals surface area contributed by atoms with E-state index in [0.717, 1.165) is 96.3 Å². The molecule has 0 rings (SSSR count). The lowest BCUT2D eigenvalue weighted by molar-refractivity contribution is -0.167. The highest BCUT2D eigenvalue weighted by Gasteiger charge is 2.19. The van der Waals surface area contributed by atoms with Gasteiger partial charge in [0.25, 0.3) is 0 Å². The van der Waals surface area contributed by atoms with Crippen molar-refractivity contribution < 1.29 is 28.6 Å². The van der Waals surface area contributed by atoms with Crippen LogP contribution in [0.3, 0.4) is 0 Å². The van der Waals surface area contributed by atoms with Gasteiger partial charge in [0, 0.05) is 19.3 Å². The number of unbranched alkanes of at least 4 members (excludes halogenated alkanes) is 41. The predicted octanol–water partition coefficient (Wildman–Crippen LogP) is 25.0. The molecule has 0 aromatic carbocycles. The van der Waals surface area contributed by atoms with Crippen molar-refractivity contribution in [2.45, 2.75) is 374 Å². The Morgan fingerprint density at radius 3 is 0.735 bits per heavy atom. The number of allylic oxidation sites excluding steroid dienone is 14. The summed E-state index contributed by atoms with van der Waals surface area (Å²) < 4.78 is 17.0. The summed E-state index contributed by atoms with van der Waals surface area (Å²) in [5.41, 5.74) is 0. The number of esters is 3. The topological polar surface area (TPSA) is 78.9 Å². The van der Waals surface area contributed by atoms with Gasteiger partial charge in [0.05, 0.1) is 0 Å². The monoisotopic (exact) mass is 1160 g/mol. The minimum absolute atomic E-state index is 0.0730. The van der Waals surface area contributed by atoms with Crippen LogP contribution in [0, 0.1) is 0 Å². The average molecular weight is 1160 g/mol. The largest absolute Gasteiger partial charge is 0.462 e. The Morgan fingerprint density at radius 2 is 0.470 bits per heavy atom. The maximum atomic E-state index is 13.0. The molecule has 6 nitrogen and oxygen atoms in total. The lowest BCUT2D eigenvalue weighted by Gasteiger charge is -2.18. The smallest absolute Gasteiger partial charge is 0.306 e. The summed E-state index contributed by atoms with van der Waals surface area (Å²) >= 11 is 0. The summed E-state index contributed by atoms with van der Waals surface area (Å²) in [7, 11) is 0. The number of hydrogen-bond acceptors (Lipinski definition) is 6. The van der Waals surface area contributed by atoms with Crippen molar-refractivity contribution in [2.75, 3.05) is 13.2 Å². The first-order chi connectivity index (χ1) is 41.0. The molecule has 0 heterocycles. The summed E-state index contributed by atoms with van der Waals surface area (Å²) in [6, 6.07) is 0. The van der Waals surface area contributed by atoms with Crippen molar-refractivity contribution in [3.8, 4) is 0 Å². The van der Waals surface area contributed by atoms with E-state index in [4.69, 9.17) is 14.2 Å². The van der Waals surface area contributed by atoms with E-state index in [9.17, 15) is 14.4 Å². The van der Waals surface area contributed by atoms with Gasteiger partial charge in [-0.3, -0.25) is 14.4 Å². The number of rotatable bonds is 66. The Labute approximate surface area is 515 Å². The quantitative estimate of drug-likeness (QED) is 0.0261. The number of hydrogen-bond donors (Lipinski definition) is 0. The van der Waals surface area contributed by atoms with Gasteiger partial charge in [0.15, 0.2) is 6.10 Å². The van der Waals surface area contributed by atoms with Crippen LogP contribution in [0.25, 0.3) is 0 Å². The van der Waals surface area contributed by atoms with Gasteiger partial charge < -0.3 is 14.2 Å². The first-order valence-corrected chi connectivity index (χ1v) is 36.1. The van der Waals surface area contributed by atoms with Crippen LogP contribution < -0.4 is 0 Å². The molecule has 480 valence electrons. The zero-order chi connectivity index (χ0) is 59.9. The van der Waals surface area contributed by atoms with Crippen LogP contribution in [0.15, 0.2) is 85.1 Å². The van der Waals surface area contributed by atoms with Crippen molar-refractivity contribution in [3.63, 3.8) is 0 Å². The van der Waals surface area contributed by atoms with Crippen molar-refractivity contribution in [1.82, 2.24) is 0 Å². The second-order valence-corrected chi connectivity index (χ2v) is 24.1. The molecule has 0 aromatic heterocycles. The van der Waals surface area contributed by atoms with Gasteiger partial charge in [-0.1, -0.05) is 337 Å². The van der Waals surface area contributed by atoms with Gasteiger partial charge in [0.1, 0.15) is 13.2 Å². The molecule has 0 N–H and O–H groups in total. The van der Waals surface area contributed by atoms with E-state index in [1.807, 2.05) is 0 Å². The SMILES string of the molecule is CC/C=C\C/C=C\C/C=C\C/C=C\CCCCCCCCCCCCCCCCCCC(=O)OCC(COC(=O)CCCCCCCCCCCCC)OC(=O)CCCCCCCCCCCC/C=C\C/C=C\C/C=C\CCCCCCC. The highest BCUT2D eigenvalue weighted by molar-refractivity contribution is 5.71. The van der Waals surface area contributed by atoms with E-state index in [1.54, 1.807) is 0 Å². The molecule has 0 saturated carbocycles. The fourth-order valence-corrected chi connectivity index (χ4v) is 10.5. The molecular weight excluding hydrogens is 1020 g/mol. The minimum atomic E-state index is -0.777. The Bertz CT molecular complexity index is 1570. The molecule has 0 spiro atoms. The molecule has 0 aliphatic rings. The maximum Gasteiger partial charge on any atom is 0.306 e. The third kappa shape index (κ3) is 69.3. The molecule has 1 unspecified atom stereocenters. The number of carbonyl (C=O) groups excluding carboxylic acids is 3. The fraction of sp³-hybridized carbons (Fsp3) is 0.779. The summed E-state index contributed by atoms with van der Waals surface area (Å²) in [5, 5.41) is 0. The molecule has 0 amide bonds. The molecular formula is C77H136O6. The fourth-order valence-electron chi connectivity index (χ4n) is 10.5. The van der Waals surface area contributed by atoms with Crippen LogP contribution in [0.1, 0.15) is 367 Å². The summed E-state index contributed by atoms with van der Waals surface area (Å²) in [6.07, 6.45) is 94.7. The van der Waals surface area contributed by atoms with Crippen LogP contribution in [0.4, 0.5) is 0 Å². The molecule has 0 aliphatic carbocycles. The first-order valence-electron chi connectivity index (χ1n) is 36.1. The van der Waals surface area contributed by atoms with Gasteiger partial charge in [-0.2, -0.15) is 0 Å². The predicted molar refractivity (Wildman–Crippen MR) is 362 cm³/mol. The van der Waals surface area contributed by atoms with Gasteiger partial charge in [-0.15, -0.1) is 0 Å². The van der Waals surface area contributed by atoms with Crippen molar-refractivity contribution >= 4 is 17.9 Å². The van der Waals surface area contributed by atoms with Gasteiger partial charge >= 0.3 is 17.9 Å². The summed E-state index contributed by atoms with van der Waals surface area (Å²) in [6.45, 7) is 6.56. The summed E-state index contributed by atoms with van der Waals surface area (Å²) in [4.78, 5) is 38.4. The second kappa shape index (κ2) is 71.1. The standard InChI is InChI=1S/C77H136O6/c1-4-7-10-13-16-19-22-24-26-28-30-32-34-36-37-38-39-41-42-44-46-48-50-52-55-58-61-64-67-70-76(79)82-73-74(72-81-75(78)69-66-63-60-57-54-21-18-15-12-9-6-3)83-77(80)71-68-65-62-59-56-53-51-49-47-45-43-40-35-33-31-29-27-25-23-20-17-14-11-8-5-2/h7,10,16,19,23-26,29-32,35,40,74H,4-6,8-9,11-15,17-18,20-22,27-28,33-34,36-39,41-73H2,1-3H3/b10-7-,19-16-,25-23-,26-24-,31-29-,32-30-,40-35-. The Hall–Kier alpha value is -3.41. The maximum absolute atomic E-state index is 13.0. The van der Waals surface area contributed by atoms with Crippen LogP contribution in [-0.4, -0.2) is 37.2 Å². The van der Waals surface area contributed by atoms with E-state index >= 15 is 0 Å². The van der Waals surface area contributed by atoms with E-state index in [0.29, 0.717) is 19.3 Å². The lowest BCUT2D eigenvalue weighted by Crippen LogP contribution is -2.30. The van der Waals surface area contributed by atoms with E-state index in [2.05, 4.69) is 106 Å². The van der Waals surface area contributed by atoms with Crippen molar-refractivity contribution in [1.29, 1.82) is 0 Å². The second-order valence-electron chi connectivity index (χ2n) is 24.1. The Morgan fingerprint density at radius 1 is 0.253 bits per heavy atom. The van der Waals surface area contributed by atoms with Gasteiger partial charge in [-0.05, 0) is 96.3 Å². The normalized spacial score (nSPS) is 12.6. The highest BCUT2D eigenvalue weighted by atomic mass is 16.6. The van der Waals surface area contributed by atoms with Gasteiger partial charge in [0.2, 0.25) is 0 Å². The third-order valence-corrected chi connectivity index (χ3v) is 15.9. The van der Waals surface area contributed by atoms with E-state index in [1.165, 1.54) is 231 Å². The van der Waals surface area contributed by atoms with Crippen molar-refractivity contribution in [2.24, 2.45) is 0 Å². The van der Waals surface area contributed by atoms with Crippen LogP contribution in [0.5, 0.6) is 0 Å². The average Bonchev–Trinajstić information content (AvgIpc) is 3.48. The lowest BCUT2D eigenvalue weighted by atomic mass is 10.0. The van der Waals surface area contributed by atoms with Gasteiger partial charge in [-0.25, -0.2) is 0 Å². The molecule has 0 radical (unpaired) electrons. The van der Waals surface area contributed by atoms with E-state index in [-0.39, 0.29) is 31.1 Å². The van der Waals surface area contributed by atoms with Crippen LogP contribution in [0.2, 0.25) is 0 Å². The Kier molecular flexibility index (Phi) is 68.2. The molecule has 0 bridgehead atoms. The molecule has 0 aliphatic heterocycles. The van der Waals surface area contributed by atoms with Crippen molar-refractivity contribution in [3.05, 3.63) is 85.1 Å². The molecule has 0 aromatic rings. The molecule has 83 heavy (non-hydrogen) atoms. The zero-order valence-corrected chi connectivity index (χ0v) is 55.2. The Balaban J connectivity index is 4.20. The molecule has 0 saturated heterocycles. The number of ether oxygens (including phenoxy) is 3.